The summed E-state index contributed by atoms with van der Waals surface area (Å²) in [6, 6.07) is 13.6. The number of hydrazine groups is 1. The number of amides is 2. The molecule has 1 heterocycles. The minimum atomic E-state index is -0.287. The van der Waals surface area contributed by atoms with Crippen LogP contribution in [-0.2, 0) is 4.79 Å². The summed E-state index contributed by atoms with van der Waals surface area (Å²) in [6.07, 6.45) is 6.50. The highest BCUT2D eigenvalue weighted by Crippen LogP contribution is 2.39. The molecule has 9 nitrogen and oxygen atoms in total. The van der Waals surface area contributed by atoms with Crippen molar-refractivity contribution < 1.29 is 14.0 Å². The lowest BCUT2D eigenvalue weighted by molar-refractivity contribution is -0.131. The highest BCUT2D eigenvalue weighted by molar-refractivity contribution is 5.96. The molecule has 1 aliphatic heterocycles. The monoisotopic (exact) mass is 541 g/mol. The van der Waals surface area contributed by atoms with Crippen molar-refractivity contribution >= 4 is 17.5 Å². The number of nitrogens with two attached hydrogens (primary N) is 3. The van der Waals surface area contributed by atoms with Crippen molar-refractivity contribution in [2.24, 2.45) is 17.3 Å². The molecule has 2 fully saturated rings. The average Bonchev–Trinajstić information content (AvgIpc) is 3.82. The van der Waals surface area contributed by atoms with E-state index in [4.69, 9.17) is 17.3 Å². The van der Waals surface area contributed by atoms with E-state index in [9.17, 15) is 14.0 Å². The first kappa shape index (κ1) is 31.7. The van der Waals surface area contributed by atoms with Gasteiger partial charge in [0.1, 0.15) is 5.82 Å². The van der Waals surface area contributed by atoms with Crippen LogP contribution in [0.25, 0.3) is 0 Å². The van der Waals surface area contributed by atoms with E-state index in [2.05, 4.69) is 24.1 Å². The number of rotatable bonds is 8. The Morgan fingerprint density at radius 1 is 1.03 bits per heavy atom. The van der Waals surface area contributed by atoms with Gasteiger partial charge in [-0.2, -0.15) is 0 Å². The average molecular weight is 542 g/mol. The van der Waals surface area contributed by atoms with Crippen molar-refractivity contribution in [1.29, 1.82) is 0 Å². The van der Waals surface area contributed by atoms with Gasteiger partial charge in [-0.1, -0.05) is 26.0 Å². The number of likely N-dealkylation sites (N-methyl/N-ethyl adjacent to an activating group) is 1. The first-order chi connectivity index (χ1) is 18.8. The van der Waals surface area contributed by atoms with Crippen molar-refractivity contribution in [3.8, 4) is 0 Å². The van der Waals surface area contributed by atoms with Gasteiger partial charge in [0.2, 0.25) is 5.91 Å². The van der Waals surface area contributed by atoms with Crippen LogP contribution in [0.4, 0.5) is 10.1 Å². The molecular weight excluding hydrogens is 497 g/mol. The molecule has 0 spiro atoms. The van der Waals surface area contributed by atoms with Crippen LogP contribution in [0.2, 0.25) is 0 Å². The molecule has 0 aromatic heterocycles. The van der Waals surface area contributed by atoms with Gasteiger partial charge in [-0.05, 0) is 80.2 Å². The maximum atomic E-state index is 12.4. The molecule has 1 saturated heterocycles. The van der Waals surface area contributed by atoms with Gasteiger partial charge in [-0.15, -0.1) is 0 Å². The van der Waals surface area contributed by atoms with Crippen LogP contribution in [0.15, 0.2) is 60.9 Å². The molecule has 2 aliphatic rings. The van der Waals surface area contributed by atoms with E-state index in [0.29, 0.717) is 24.3 Å². The molecule has 39 heavy (non-hydrogen) atoms. The summed E-state index contributed by atoms with van der Waals surface area (Å²) in [6.45, 7) is 9.16. The topological polar surface area (TPSA) is 134 Å². The number of benzene rings is 2. The summed E-state index contributed by atoms with van der Waals surface area (Å²) < 4.78 is 12.4. The normalized spacial score (nSPS) is 15.1. The second-order valence-electron chi connectivity index (χ2n) is 9.41. The van der Waals surface area contributed by atoms with Gasteiger partial charge < -0.3 is 26.6 Å². The zero-order chi connectivity index (χ0) is 28.6. The Morgan fingerprint density at radius 3 is 2.10 bits per heavy atom. The van der Waals surface area contributed by atoms with Crippen LogP contribution in [-0.4, -0.2) is 67.4 Å². The van der Waals surface area contributed by atoms with Gasteiger partial charge in [0.05, 0.1) is 12.2 Å². The van der Waals surface area contributed by atoms with Gasteiger partial charge >= 0.3 is 0 Å². The third-order valence-electron chi connectivity index (χ3n) is 6.45. The van der Waals surface area contributed by atoms with Gasteiger partial charge in [0, 0.05) is 44.1 Å². The first-order valence-corrected chi connectivity index (χ1v) is 13.6. The van der Waals surface area contributed by atoms with Crippen LogP contribution < -0.4 is 27.6 Å². The lowest BCUT2D eigenvalue weighted by Crippen LogP contribution is -2.51. The number of anilines is 1. The molecule has 1 aliphatic carbocycles. The van der Waals surface area contributed by atoms with E-state index in [1.807, 2.05) is 12.1 Å². The minimum Gasteiger partial charge on any atom is -0.403 e. The highest BCUT2D eigenvalue weighted by Gasteiger charge is 2.23. The minimum absolute atomic E-state index is 0.00559. The van der Waals surface area contributed by atoms with Crippen LogP contribution >= 0.6 is 0 Å². The predicted octanol–water partition coefficient (Wildman–Crippen LogP) is 2.75. The number of hydrogen-bond donors (Lipinski definition) is 4. The molecular formula is C29H44FN7O2. The molecule has 7 N–H and O–H groups in total. The van der Waals surface area contributed by atoms with Crippen LogP contribution in [0.5, 0.6) is 0 Å². The molecule has 0 unspecified atom stereocenters. The second-order valence-corrected chi connectivity index (χ2v) is 9.41. The molecule has 10 heteroatoms. The van der Waals surface area contributed by atoms with Crippen molar-refractivity contribution in [2.45, 2.75) is 39.0 Å². The number of hydrogen-bond acceptors (Lipinski definition) is 7. The third kappa shape index (κ3) is 11.4. The van der Waals surface area contributed by atoms with Gasteiger partial charge in [0.25, 0.3) is 5.91 Å². The SMILES string of the molecule is CCCN.CCN1CCN(C(=O)CNC(=O)c2ccc(N(N)/C=C\N)cc2)CC1.Fc1ccc(C2CC2)cc1. The lowest BCUT2D eigenvalue weighted by atomic mass is 10.1. The molecule has 0 bridgehead atoms. The summed E-state index contributed by atoms with van der Waals surface area (Å²) >= 11 is 0. The fraction of sp³-hybridized carbons (Fsp3) is 0.448. The summed E-state index contributed by atoms with van der Waals surface area (Å²) in [4.78, 5) is 28.5. The standard InChI is InChI=1S/C17H26N6O2.C9H9F.C3H9N/c1-2-21-9-11-22(12-10-21)16(24)13-20-17(25)14-3-5-15(6-4-14)23(19)8-7-18;10-9-5-3-8(4-6-9)7-1-2-7;1-2-3-4/h3-8H,2,9-13,18-19H2,1H3,(H,20,25);3-7H,1-2H2;2-4H2,1H3/b8-7-;;. The fourth-order valence-electron chi connectivity index (χ4n) is 3.80. The van der Waals surface area contributed by atoms with Crippen LogP contribution in [0.3, 0.4) is 0 Å². The number of piperazine rings is 1. The van der Waals surface area contributed by atoms with E-state index < -0.39 is 0 Å². The zero-order valence-electron chi connectivity index (χ0n) is 23.2. The number of carbonyl (C=O) groups excluding carboxylic acids is 2. The van der Waals surface area contributed by atoms with E-state index in [1.54, 1.807) is 29.2 Å². The molecule has 0 atom stereocenters. The van der Waals surface area contributed by atoms with Crippen molar-refractivity contribution in [1.82, 2.24) is 15.1 Å². The maximum Gasteiger partial charge on any atom is 0.251 e. The largest absolute Gasteiger partial charge is 0.403 e. The molecule has 2 amide bonds. The number of carbonyl (C=O) groups is 2. The summed E-state index contributed by atoms with van der Waals surface area (Å²) in [5.41, 5.74) is 12.8. The van der Waals surface area contributed by atoms with Gasteiger partial charge in [0.15, 0.2) is 0 Å². The molecule has 2 aromatic carbocycles. The lowest BCUT2D eigenvalue weighted by Gasteiger charge is -2.34. The predicted molar refractivity (Wildman–Crippen MR) is 155 cm³/mol. The summed E-state index contributed by atoms with van der Waals surface area (Å²) in [5, 5.41) is 4.02. The van der Waals surface area contributed by atoms with E-state index in [-0.39, 0.29) is 24.2 Å². The van der Waals surface area contributed by atoms with E-state index in [1.165, 1.54) is 47.9 Å². The molecule has 0 radical (unpaired) electrons. The van der Waals surface area contributed by atoms with Crippen LogP contribution in [0, 0.1) is 5.82 Å². The first-order valence-electron chi connectivity index (χ1n) is 13.6. The smallest absolute Gasteiger partial charge is 0.251 e. The Kier molecular flexibility index (Phi) is 14.0. The van der Waals surface area contributed by atoms with Crippen LogP contribution in [0.1, 0.15) is 54.9 Å². The highest BCUT2D eigenvalue weighted by atomic mass is 19.1. The van der Waals surface area contributed by atoms with E-state index >= 15 is 0 Å². The quantitative estimate of drug-likeness (QED) is 0.298. The van der Waals surface area contributed by atoms with Crippen molar-refractivity contribution in [2.75, 3.05) is 50.8 Å². The Morgan fingerprint density at radius 2 is 1.62 bits per heavy atom. The molecule has 214 valence electrons. The molecule has 1 saturated carbocycles. The van der Waals surface area contributed by atoms with Crippen molar-refractivity contribution in [3.05, 3.63) is 77.9 Å². The van der Waals surface area contributed by atoms with Crippen molar-refractivity contribution in [3.63, 3.8) is 0 Å². The zero-order valence-corrected chi connectivity index (χ0v) is 23.2. The number of halogens is 1. The second kappa shape index (κ2) is 17.2. The number of nitrogens with one attached hydrogen (secondary N) is 1. The van der Waals surface area contributed by atoms with E-state index in [0.717, 1.165) is 38.5 Å². The Hall–Kier alpha value is -3.47. The van der Waals surface area contributed by atoms with Gasteiger partial charge in [-0.3, -0.25) is 14.6 Å². The Bertz CT molecular complexity index is 1020. The Balaban J connectivity index is 0.000000310. The van der Waals surface area contributed by atoms with Gasteiger partial charge in [-0.25, -0.2) is 10.2 Å². The maximum absolute atomic E-state index is 12.4. The summed E-state index contributed by atoms with van der Waals surface area (Å²) in [7, 11) is 0. The molecule has 4 rings (SSSR count). The molecule has 2 aromatic rings. The summed E-state index contributed by atoms with van der Waals surface area (Å²) in [5.74, 6) is 6.01. The number of nitrogens with zero attached hydrogens (tertiary/aromatic N) is 3. The third-order valence-corrected chi connectivity index (χ3v) is 6.45. The fourth-order valence-corrected chi connectivity index (χ4v) is 3.80. The Labute approximate surface area is 231 Å².